The van der Waals surface area contributed by atoms with Crippen LogP contribution in [0.3, 0.4) is 0 Å². The van der Waals surface area contributed by atoms with Crippen molar-refractivity contribution in [3.63, 3.8) is 0 Å². The molecule has 2 rings (SSSR count). The van der Waals surface area contributed by atoms with Crippen LogP contribution < -0.4 is 5.32 Å². The first-order chi connectivity index (χ1) is 8.58. The van der Waals surface area contributed by atoms with Crippen LogP contribution in [0.25, 0.3) is 0 Å². The summed E-state index contributed by atoms with van der Waals surface area (Å²) in [6, 6.07) is 10.1. The molecular formula is C13H7BrF2N2. The van der Waals surface area contributed by atoms with Crippen LogP contribution in [0.5, 0.6) is 0 Å². The molecule has 0 atom stereocenters. The second kappa shape index (κ2) is 5.15. The van der Waals surface area contributed by atoms with E-state index in [2.05, 4.69) is 21.2 Å². The summed E-state index contributed by atoms with van der Waals surface area (Å²) < 4.78 is 26.8. The Morgan fingerprint density at radius 1 is 1.06 bits per heavy atom. The fourth-order valence-electron chi connectivity index (χ4n) is 1.50. The molecule has 0 radical (unpaired) electrons. The van der Waals surface area contributed by atoms with Crippen molar-refractivity contribution < 1.29 is 8.78 Å². The summed E-state index contributed by atoms with van der Waals surface area (Å²) in [5, 5.41) is 11.8. The van der Waals surface area contributed by atoms with Gasteiger partial charge in [-0.15, -0.1) is 0 Å². The van der Waals surface area contributed by atoms with Gasteiger partial charge in [0.05, 0.1) is 11.3 Å². The van der Waals surface area contributed by atoms with Crippen molar-refractivity contribution in [3.8, 4) is 6.07 Å². The van der Waals surface area contributed by atoms with Gasteiger partial charge in [-0.2, -0.15) is 5.26 Å². The van der Waals surface area contributed by atoms with Gasteiger partial charge in [-0.25, -0.2) is 8.78 Å². The zero-order valence-electron chi connectivity index (χ0n) is 9.05. The average Bonchev–Trinajstić information content (AvgIpc) is 2.30. The van der Waals surface area contributed by atoms with E-state index in [1.807, 2.05) is 6.07 Å². The molecule has 0 spiro atoms. The molecule has 0 aromatic heterocycles. The molecule has 0 aliphatic heterocycles. The fraction of sp³-hybridized carbons (Fsp3) is 0. The second-order valence-electron chi connectivity index (χ2n) is 3.58. The minimum Gasteiger partial charge on any atom is -0.354 e. The maximum Gasteiger partial charge on any atom is 0.128 e. The molecule has 0 aliphatic rings. The lowest BCUT2D eigenvalue weighted by atomic mass is 10.2. The van der Waals surface area contributed by atoms with E-state index in [1.165, 1.54) is 0 Å². The molecule has 0 saturated carbocycles. The number of nitriles is 1. The van der Waals surface area contributed by atoms with Crippen molar-refractivity contribution in [3.05, 3.63) is 58.1 Å². The van der Waals surface area contributed by atoms with E-state index >= 15 is 0 Å². The van der Waals surface area contributed by atoms with Crippen molar-refractivity contribution in [2.24, 2.45) is 0 Å². The van der Waals surface area contributed by atoms with E-state index in [9.17, 15) is 8.78 Å². The Balaban J connectivity index is 2.37. The molecule has 5 heteroatoms. The van der Waals surface area contributed by atoms with Crippen LogP contribution in [0.15, 0.2) is 40.9 Å². The van der Waals surface area contributed by atoms with Crippen molar-refractivity contribution in [1.82, 2.24) is 0 Å². The minimum absolute atomic E-state index is 0.256. The molecule has 0 unspecified atom stereocenters. The first-order valence-corrected chi connectivity index (χ1v) is 5.80. The SMILES string of the molecule is N#Cc1cc(Br)ccc1Nc1cc(F)cc(F)c1. The van der Waals surface area contributed by atoms with Crippen LogP contribution >= 0.6 is 15.9 Å². The predicted octanol–water partition coefficient (Wildman–Crippen LogP) is 4.34. The van der Waals surface area contributed by atoms with Crippen LogP contribution in [0, 0.1) is 23.0 Å². The Kier molecular flexibility index (Phi) is 3.58. The fourth-order valence-corrected chi connectivity index (χ4v) is 1.86. The first-order valence-electron chi connectivity index (χ1n) is 5.01. The lowest BCUT2D eigenvalue weighted by Crippen LogP contribution is -1.95. The number of hydrogen-bond donors (Lipinski definition) is 1. The average molecular weight is 309 g/mol. The van der Waals surface area contributed by atoms with Gasteiger partial charge in [0.2, 0.25) is 0 Å². The van der Waals surface area contributed by atoms with E-state index in [4.69, 9.17) is 5.26 Å². The highest BCUT2D eigenvalue weighted by atomic mass is 79.9. The minimum atomic E-state index is -0.673. The van der Waals surface area contributed by atoms with Crippen molar-refractivity contribution in [1.29, 1.82) is 5.26 Å². The van der Waals surface area contributed by atoms with E-state index < -0.39 is 11.6 Å². The zero-order chi connectivity index (χ0) is 13.1. The molecule has 18 heavy (non-hydrogen) atoms. The zero-order valence-corrected chi connectivity index (χ0v) is 10.6. The van der Waals surface area contributed by atoms with Crippen molar-refractivity contribution in [2.75, 3.05) is 5.32 Å². The van der Waals surface area contributed by atoms with Gasteiger partial charge in [0, 0.05) is 16.2 Å². The molecule has 2 aromatic carbocycles. The Labute approximate surface area is 111 Å². The van der Waals surface area contributed by atoms with E-state index in [1.54, 1.807) is 18.2 Å². The van der Waals surface area contributed by atoms with Gasteiger partial charge in [0.15, 0.2) is 0 Å². The van der Waals surface area contributed by atoms with Gasteiger partial charge in [0.25, 0.3) is 0 Å². The summed E-state index contributed by atoms with van der Waals surface area (Å²) in [6.45, 7) is 0. The third-order valence-corrected chi connectivity index (χ3v) is 2.74. The lowest BCUT2D eigenvalue weighted by molar-refractivity contribution is 0.584. The summed E-state index contributed by atoms with van der Waals surface area (Å²) in [5.74, 6) is -1.35. The Hall–Kier alpha value is -1.93. The Bertz CT molecular complexity index is 615. The highest BCUT2D eigenvalue weighted by molar-refractivity contribution is 9.10. The third-order valence-electron chi connectivity index (χ3n) is 2.24. The molecule has 90 valence electrons. The largest absolute Gasteiger partial charge is 0.354 e. The normalized spacial score (nSPS) is 9.89. The number of anilines is 2. The highest BCUT2D eigenvalue weighted by Crippen LogP contribution is 2.24. The topological polar surface area (TPSA) is 35.8 Å². The maximum absolute atomic E-state index is 13.0. The van der Waals surface area contributed by atoms with Gasteiger partial charge in [-0.3, -0.25) is 0 Å². The number of nitrogens with zero attached hydrogens (tertiary/aromatic N) is 1. The molecule has 2 aromatic rings. The molecule has 0 bridgehead atoms. The summed E-state index contributed by atoms with van der Waals surface area (Å²) in [7, 11) is 0. The van der Waals surface area contributed by atoms with Gasteiger partial charge < -0.3 is 5.32 Å². The molecule has 0 amide bonds. The summed E-state index contributed by atoms with van der Waals surface area (Å²) in [5.41, 5.74) is 1.13. The number of benzene rings is 2. The van der Waals surface area contributed by atoms with E-state index in [0.29, 0.717) is 11.3 Å². The number of nitrogens with one attached hydrogen (secondary N) is 1. The van der Waals surface area contributed by atoms with Crippen molar-refractivity contribution in [2.45, 2.75) is 0 Å². The summed E-state index contributed by atoms with van der Waals surface area (Å²) in [6.07, 6.45) is 0. The van der Waals surface area contributed by atoms with Gasteiger partial charge in [-0.05, 0) is 30.3 Å². The predicted molar refractivity (Wildman–Crippen MR) is 68.5 cm³/mol. The Morgan fingerprint density at radius 2 is 1.72 bits per heavy atom. The van der Waals surface area contributed by atoms with E-state index in [0.717, 1.165) is 22.7 Å². The molecule has 1 N–H and O–H groups in total. The molecular weight excluding hydrogens is 302 g/mol. The highest BCUT2D eigenvalue weighted by Gasteiger charge is 2.05. The van der Waals surface area contributed by atoms with E-state index in [-0.39, 0.29) is 5.69 Å². The lowest BCUT2D eigenvalue weighted by Gasteiger charge is -2.08. The summed E-state index contributed by atoms with van der Waals surface area (Å²) >= 11 is 3.25. The number of halogens is 3. The van der Waals surface area contributed by atoms with Crippen LogP contribution in [0.2, 0.25) is 0 Å². The standard InChI is InChI=1S/C13H7BrF2N2/c14-9-1-2-13(8(3-9)7-17)18-12-5-10(15)4-11(16)6-12/h1-6,18H. The number of hydrogen-bond acceptors (Lipinski definition) is 2. The second-order valence-corrected chi connectivity index (χ2v) is 4.50. The molecule has 0 fully saturated rings. The molecule has 0 aliphatic carbocycles. The number of rotatable bonds is 2. The Morgan fingerprint density at radius 3 is 2.33 bits per heavy atom. The quantitative estimate of drug-likeness (QED) is 0.895. The van der Waals surface area contributed by atoms with Crippen LogP contribution in [0.4, 0.5) is 20.2 Å². The molecule has 2 nitrogen and oxygen atoms in total. The van der Waals surface area contributed by atoms with Gasteiger partial charge in [-0.1, -0.05) is 15.9 Å². The third kappa shape index (κ3) is 2.84. The molecule has 0 heterocycles. The monoisotopic (exact) mass is 308 g/mol. The maximum atomic E-state index is 13.0. The first kappa shape index (κ1) is 12.5. The summed E-state index contributed by atoms with van der Waals surface area (Å²) in [4.78, 5) is 0. The van der Waals surface area contributed by atoms with Crippen LogP contribution in [-0.4, -0.2) is 0 Å². The van der Waals surface area contributed by atoms with Crippen LogP contribution in [0.1, 0.15) is 5.56 Å². The van der Waals surface area contributed by atoms with Gasteiger partial charge >= 0.3 is 0 Å². The van der Waals surface area contributed by atoms with Gasteiger partial charge in [0.1, 0.15) is 17.7 Å². The smallest absolute Gasteiger partial charge is 0.128 e. The molecule has 0 saturated heterocycles. The van der Waals surface area contributed by atoms with Crippen molar-refractivity contribution >= 4 is 27.3 Å². The van der Waals surface area contributed by atoms with Crippen LogP contribution in [-0.2, 0) is 0 Å².